The molecule has 6 heteroatoms. The van der Waals surface area contributed by atoms with E-state index in [1.165, 1.54) is 0 Å². The predicted molar refractivity (Wildman–Crippen MR) is 114 cm³/mol. The minimum Gasteiger partial charge on any atom is -0.369 e. The summed E-state index contributed by atoms with van der Waals surface area (Å²) in [6.45, 7) is 4.78. The van der Waals surface area contributed by atoms with E-state index in [2.05, 4.69) is 12.1 Å². The number of nitrogens with zero attached hydrogens (tertiary/aromatic N) is 2. The van der Waals surface area contributed by atoms with E-state index in [-0.39, 0.29) is 30.6 Å². The third-order valence-electron chi connectivity index (χ3n) is 5.23. The zero-order chi connectivity index (χ0) is 20.3. The van der Waals surface area contributed by atoms with Crippen LogP contribution in [0.25, 0.3) is 10.1 Å². The number of amides is 2. The van der Waals surface area contributed by atoms with Crippen molar-refractivity contribution in [3.8, 4) is 0 Å². The average Bonchev–Trinajstić information content (AvgIpc) is 3.04. The number of rotatable bonds is 6. The van der Waals surface area contributed by atoms with Crippen LogP contribution in [0.5, 0.6) is 0 Å². The number of thiophene rings is 1. The lowest BCUT2D eigenvalue weighted by Crippen LogP contribution is -2.46. The van der Waals surface area contributed by atoms with Crippen LogP contribution in [0.1, 0.15) is 48.3 Å². The molecule has 1 aromatic heterocycles. The van der Waals surface area contributed by atoms with Crippen LogP contribution in [-0.4, -0.2) is 61.0 Å². The summed E-state index contributed by atoms with van der Waals surface area (Å²) in [5.74, 6) is 0.0893. The summed E-state index contributed by atoms with van der Waals surface area (Å²) in [6, 6.07) is 8.29. The highest BCUT2D eigenvalue weighted by molar-refractivity contribution is 7.21. The van der Waals surface area contributed by atoms with Crippen LogP contribution < -0.4 is 0 Å². The third kappa shape index (κ3) is 4.55. The molecule has 0 bridgehead atoms. The van der Waals surface area contributed by atoms with Gasteiger partial charge in [-0.05, 0) is 56.5 Å². The van der Waals surface area contributed by atoms with E-state index < -0.39 is 0 Å². The first-order chi connectivity index (χ1) is 13.4. The summed E-state index contributed by atoms with van der Waals surface area (Å²) < 4.78 is 6.68. The molecular formula is C22H30N2O3S. The van der Waals surface area contributed by atoms with Crippen molar-refractivity contribution < 1.29 is 14.3 Å². The van der Waals surface area contributed by atoms with Crippen molar-refractivity contribution >= 4 is 33.2 Å². The van der Waals surface area contributed by atoms with Crippen LogP contribution in [0, 0.1) is 0 Å². The predicted octanol–water partition coefficient (Wildman–Crippen LogP) is 3.95. The van der Waals surface area contributed by atoms with Crippen molar-refractivity contribution in [2.75, 3.05) is 27.2 Å². The van der Waals surface area contributed by atoms with Gasteiger partial charge in [0.05, 0.1) is 11.0 Å². The highest BCUT2D eigenvalue weighted by Crippen LogP contribution is 2.34. The number of likely N-dealkylation sites (tertiary alicyclic amines) is 1. The van der Waals surface area contributed by atoms with Crippen LogP contribution in [0.15, 0.2) is 24.3 Å². The first-order valence-electron chi connectivity index (χ1n) is 10.0. The van der Waals surface area contributed by atoms with Crippen LogP contribution in [0.4, 0.5) is 0 Å². The number of hydrogen-bond acceptors (Lipinski definition) is 4. The maximum absolute atomic E-state index is 12.8. The molecule has 0 aliphatic carbocycles. The molecule has 1 unspecified atom stereocenters. The van der Waals surface area contributed by atoms with Crippen LogP contribution in [0.2, 0.25) is 0 Å². The fourth-order valence-electron chi connectivity index (χ4n) is 3.77. The molecule has 2 amide bonds. The van der Waals surface area contributed by atoms with Gasteiger partial charge in [0.15, 0.2) is 0 Å². The maximum Gasteiger partial charge on any atom is 0.263 e. The Kier molecular flexibility index (Phi) is 6.73. The van der Waals surface area contributed by atoms with Gasteiger partial charge in [-0.3, -0.25) is 9.59 Å². The molecule has 1 atom stereocenters. The van der Waals surface area contributed by atoms with Crippen molar-refractivity contribution in [2.24, 2.45) is 0 Å². The third-order valence-corrected chi connectivity index (χ3v) is 6.43. The molecule has 0 saturated carbocycles. The number of carbonyl (C=O) groups is 2. The molecule has 0 N–H and O–H groups in total. The standard InChI is InChI=1S/C22H30N2O3S/c1-15(2)27-14-20(25)24-12-8-7-9-16(24)13-18-17-10-5-6-11-19(17)28-21(18)22(26)23(3)4/h5-6,10-11,15-16H,7-9,12-14H2,1-4H3. The summed E-state index contributed by atoms with van der Waals surface area (Å²) in [5, 5.41) is 1.13. The largest absolute Gasteiger partial charge is 0.369 e. The highest BCUT2D eigenvalue weighted by Gasteiger charge is 2.30. The molecule has 1 saturated heterocycles. The van der Waals surface area contributed by atoms with E-state index in [1.807, 2.05) is 30.9 Å². The summed E-state index contributed by atoms with van der Waals surface area (Å²) >= 11 is 1.55. The van der Waals surface area contributed by atoms with Gasteiger partial charge in [0.1, 0.15) is 6.61 Å². The van der Waals surface area contributed by atoms with E-state index in [4.69, 9.17) is 4.74 Å². The monoisotopic (exact) mass is 402 g/mol. The van der Waals surface area contributed by atoms with Crippen LogP contribution in [-0.2, 0) is 16.0 Å². The Bertz CT molecular complexity index is 843. The van der Waals surface area contributed by atoms with Gasteiger partial charge < -0.3 is 14.5 Å². The van der Waals surface area contributed by atoms with Gasteiger partial charge in [-0.15, -0.1) is 11.3 Å². The molecule has 0 radical (unpaired) electrons. The maximum atomic E-state index is 12.8. The lowest BCUT2D eigenvalue weighted by Gasteiger charge is -2.36. The number of piperidine rings is 1. The molecule has 1 fully saturated rings. The van der Waals surface area contributed by atoms with E-state index in [9.17, 15) is 9.59 Å². The fraction of sp³-hybridized carbons (Fsp3) is 0.545. The average molecular weight is 403 g/mol. The Morgan fingerprint density at radius 1 is 1.25 bits per heavy atom. The Morgan fingerprint density at radius 3 is 2.71 bits per heavy atom. The fourth-order valence-corrected chi connectivity index (χ4v) is 5.03. The minimum atomic E-state index is 0.0352. The lowest BCUT2D eigenvalue weighted by molar-refractivity contribution is -0.141. The molecule has 1 aliphatic heterocycles. The number of carbonyl (C=O) groups excluding carboxylic acids is 2. The van der Waals surface area contributed by atoms with Crippen molar-refractivity contribution in [3.05, 3.63) is 34.7 Å². The number of benzene rings is 1. The molecule has 152 valence electrons. The van der Waals surface area contributed by atoms with Gasteiger partial charge in [0.25, 0.3) is 5.91 Å². The molecule has 2 aromatic rings. The van der Waals surface area contributed by atoms with Crippen molar-refractivity contribution in [3.63, 3.8) is 0 Å². The Hall–Kier alpha value is -1.92. The van der Waals surface area contributed by atoms with Crippen molar-refractivity contribution in [1.82, 2.24) is 9.80 Å². The lowest BCUT2D eigenvalue weighted by atomic mass is 9.94. The second-order valence-corrected chi connectivity index (χ2v) is 8.96. The summed E-state index contributed by atoms with van der Waals surface area (Å²) in [6.07, 6.45) is 3.85. The number of ether oxygens (including phenoxy) is 1. The minimum absolute atomic E-state index is 0.0352. The molecule has 28 heavy (non-hydrogen) atoms. The Balaban J connectivity index is 1.90. The SMILES string of the molecule is CC(C)OCC(=O)N1CCCCC1Cc1c(C(=O)N(C)C)sc2ccccc12. The molecular weight excluding hydrogens is 372 g/mol. The number of hydrogen-bond donors (Lipinski definition) is 0. The van der Waals surface area contributed by atoms with Crippen LogP contribution in [0.3, 0.4) is 0 Å². The van der Waals surface area contributed by atoms with Crippen LogP contribution >= 0.6 is 11.3 Å². The van der Waals surface area contributed by atoms with Gasteiger partial charge in [-0.25, -0.2) is 0 Å². The van der Waals surface area contributed by atoms with Gasteiger partial charge in [0, 0.05) is 31.4 Å². The summed E-state index contributed by atoms with van der Waals surface area (Å²) in [4.78, 5) is 30.0. The van der Waals surface area contributed by atoms with Crippen molar-refractivity contribution in [1.29, 1.82) is 0 Å². The van der Waals surface area contributed by atoms with Crippen molar-refractivity contribution in [2.45, 2.75) is 51.7 Å². The van der Waals surface area contributed by atoms with E-state index in [0.717, 1.165) is 46.3 Å². The zero-order valence-corrected chi connectivity index (χ0v) is 18.1. The molecule has 1 aromatic carbocycles. The van der Waals surface area contributed by atoms with Gasteiger partial charge in [-0.1, -0.05) is 18.2 Å². The smallest absolute Gasteiger partial charge is 0.263 e. The second-order valence-electron chi connectivity index (χ2n) is 7.91. The Morgan fingerprint density at radius 2 is 2.00 bits per heavy atom. The zero-order valence-electron chi connectivity index (χ0n) is 17.2. The highest BCUT2D eigenvalue weighted by atomic mass is 32.1. The van der Waals surface area contributed by atoms with Gasteiger partial charge in [0.2, 0.25) is 5.91 Å². The first kappa shape index (κ1) is 20.8. The molecule has 3 rings (SSSR count). The van der Waals surface area contributed by atoms with Gasteiger partial charge in [-0.2, -0.15) is 0 Å². The molecule has 1 aliphatic rings. The van der Waals surface area contributed by atoms with E-state index >= 15 is 0 Å². The summed E-state index contributed by atoms with van der Waals surface area (Å²) in [5.41, 5.74) is 1.08. The second kappa shape index (κ2) is 9.05. The van der Waals surface area contributed by atoms with E-state index in [1.54, 1.807) is 30.3 Å². The quantitative estimate of drug-likeness (QED) is 0.735. The molecule has 0 spiro atoms. The molecule has 2 heterocycles. The molecule has 5 nitrogen and oxygen atoms in total. The Labute approximate surface area is 171 Å². The number of fused-ring (bicyclic) bond motifs is 1. The van der Waals surface area contributed by atoms with E-state index in [0.29, 0.717) is 6.42 Å². The van der Waals surface area contributed by atoms with Gasteiger partial charge >= 0.3 is 0 Å². The summed E-state index contributed by atoms with van der Waals surface area (Å²) in [7, 11) is 3.58. The normalized spacial score (nSPS) is 17.3. The topological polar surface area (TPSA) is 49.9 Å². The first-order valence-corrected chi connectivity index (χ1v) is 10.8.